The molecule has 0 N–H and O–H groups in total. The normalized spacial score (nSPS) is 16.3. The van der Waals surface area contributed by atoms with E-state index in [0.717, 1.165) is 15.6 Å². The second-order valence-electron chi connectivity index (χ2n) is 7.87. The van der Waals surface area contributed by atoms with Crippen LogP contribution in [0.2, 0.25) is 0 Å². The molecule has 1 fully saturated rings. The van der Waals surface area contributed by atoms with Crippen LogP contribution in [-0.2, 0) is 10.0 Å². The summed E-state index contributed by atoms with van der Waals surface area (Å²) in [5, 5.41) is 4.10. The molecule has 3 aromatic rings. The molecule has 0 amide bonds. The summed E-state index contributed by atoms with van der Waals surface area (Å²) in [4.78, 5) is 4.90. The maximum absolute atomic E-state index is 13.0. The molecule has 158 valence electrons. The molecule has 2 aromatic carbocycles. The minimum Gasteiger partial charge on any atom is -0.339 e. The van der Waals surface area contributed by atoms with Crippen molar-refractivity contribution in [3.8, 4) is 11.4 Å². The van der Waals surface area contributed by atoms with Gasteiger partial charge < -0.3 is 4.52 Å². The summed E-state index contributed by atoms with van der Waals surface area (Å²) >= 11 is 3.45. The summed E-state index contributed by atoms with van der Waals surface area (Å²) in [5.41, 5.74) is 2.01. The molecule has 1 aliphatic heterocycles. The summed E-state index contributed by atoms with van der Waals surface area (Å²) in [5.74, 6) is 1.55. The highest BCUT2D eigenvalue weighted by Crippen LogP contribution is 2.31. The molecule has 1 aromatic heterocycles. The van der Waals surface area contributed by atoms with Crippen molar-refractivity contribution in [2.75, 3.05) is 13.1 Å². The first-order valence-electron chi connectivity index (χ1n) is 10.0. The third-order valence-electron chi connectivity index (χ3n) is 5.51. The first-order chi connectivity index (χ1) is 14.3. The predicted molar refractivity (Wildman–Crippen MR) is 119 cm³/mol. The Hall–Kier alpha value is -2.03. The van der Waals surface area contributed by atoms with Crippen molar-refractivity contribution < 1.29 is 12.9 Å². The lowest BCUT2D eigenvalue weighted by molar-refractivity contribution is 0.271. The van der Waals surface area contributed by atoms with Gasteiger partial charge in [0.15, 0.2) is 0 Å². The van der Waals surface area contributed by atoms with Gasteiger partial charge in [-0.3, -0.25) is 0 Å². The zero-order chi connectivity index (χ0) is 21.3. The molecule has 0 atom stereocenters. The summed E-state index contributed by atoms with van der Waals surface area (Å²) in [6, 6.07) is 14.9. The van der Waals surface area contributed by atoms with Crippen molar-refractivity contribution in [3.05, 3.63) is 64.5 Å². The molecule has 0 spiro atoms. The lowest BCUT2D eigenvalue weighted by Gasteiger charge is -2.29. The minimum atomic E-state index is -3.49. The smallest absolute Gasteiger partial charge is 0.243 e. The van der Waals surface area contributed by atoms with Crippen molar-refractivity contribution in [2.45, 2.75) is 43.4 Å². The maximum atomic E-state index is 13.0. The first kappa shape index (κ1) is 21.2. The van der Waals surface area contributed by atoms with Gasteiger partial charge in [0.05, 0.1) is 4.90 Å². The fourth-order valence-electron chi connectivity index (χ4n) is 3.66. The zero-order valence-corrected chi connectivity index (χ0v) is 19.4. The van der Waals surface area contributed by atoms with Gasteiger partial charge in [0.1, 0.15) is 0 Å². The molecule has 30 heavy (non-hydrogen) atoms. The fourth-order valence-corrected chi connectivity index (χ4v) is 5.53. The summed E-state index contributed by atoms with van der Waals surface area (Å²) in [6.45, 7) is 5.06. The number of piperidine rings is 1. The van der Waals surface area contributed by atoms with E-state index < -0.39 is 10.0 Å². The number of nitrogens with zero attached hydrogens (tertiary/aromatic N) is 3. The van der Waals surface area contributed by atoms with Crippen LogP contribution in [0.25, 0.3) is 11.4 Å². The molecule has 0 saturated carbocycles. The number of aromatic nitrogens is 2. The van der Waals surface area contributed by atoms with E-state index in [4.69, 9.17) is 4.52 Å². The molecular weight excluding hydrogens is 466 g/mol. The van der Waals surface area contributed by atoms with E-state index in [1.807, 2.05) is 36.4 Å². The van der Waals surface area contributed by atoms with Crippen LogP contribution < -0.4 is 0 Å². The molecule has 0 bridgehead atoms. The fraction of sp³-hybridized carbons (Fsp3) is 0.364. The highest BCUT2D eigenvalue weighted by Gasteiger charge is 2.32. The molecular formula is C22H24BrN3O3S. The average Bonchev–Trinajstić information content (AvgIpc) is 3.24. The van der Waals surface area contributed by atoms with Crippen molar-refractivity contribution in [1.82, 2.24) is 14.4 Å². The van der Waals surface area contributed by atoms with Gasteiger partial charge in [0.2, 0.25) is 21.7 Å². The van der Waals surface area contributed by atoms with Crippen LogP contribution in [0.15, 0.2) is 62.4 Å². The van der Waals surface area contributed by atoms with Gasteiger partial charge >= 0.3 is 0 Å². The third-order valence-corrected chi connectivity index (χ3v) is 7.92. The highest BCUT2D eigenvalue weighted by molar-refractivity contribution is 9.10. The monoisotopic (exact) mass is 489 g/mol. The number of hydrogen-bond donors (Lipinski definition) is 0. The van der Waals surface area contributed by atoms with Gasteiger partial charge in [-0.15, -0.1) is 0 Å². The van der Waals surface area contributed by atoms with Crippen LogP contribution in [0.3, 0.4) is 0 Å². The van der Waals surface area contributed by atoms with Gasteiger partial charge in [-0.05, 0) is 48.6 Å². The van der Waals surface area contributed by atoms with Crippen LogP contribution in [0, 0.1) is 0 Å². The second kappa shape index (κ2) is 8.61. The highest BCUT2D eigenvalue weighted by atomic mass is 79.9. The van der Waals surface area contributed by atoms with Crippen molar-refractivity contribution in [3.63, 3.8) is 0 Å². The quantitative estimate of drug-likeness (QED) is 0.492. The molecule has 0 aliphatic carbocycles. The van der Waals surface area contributed by atoms with E-state index in [2.05, 4.69) is 39.9 Å². The Morgan fingerprint density at radius 3 is 2.43 bits per heavy atom. The largest absolute Gasteiger partial charge is 0.339 e. The Kier molecular flexibility index (Phi) is 6.09. The number of rotatable bonds is 5. The third kappa shape index (κ3) is 4.36. The van der Waals surface area contributed by atoms with Crippen LogP contribution in [-0.4, -0.2) is 36.0 Å². The summed E-state index contributed by atoms with van der Waals surface area (Å²) < 4.78 is 34.0. The van der Waals surface area contributed by atoms with Crippen LogP contribution in [0.4, 0.5) is 0 Å². The lowest BCUT2D eigenvalue weighted by atomic mass is 9.98. The molecule has 1 saturated heterocycles. The molecule has 8 heteroatoms. The van der Waals surface area contributed by atoms with Crippen LogP contribution in [0.5, 0.6) is 0 Å². The van der Waals surface area contributed by atoms with Crippen molar-refractivity contribution in [1.29, 1.82) is 0 Å². The number of benzene rings is 2. The number of halogens is 1. The number of hydrogen-bond acceptors (Lipinski definition) is 5. The van der Waals surface area contributed by atoms with E-state index in [1.165, 1.54) is 0 Å². The predicted octanol–water partition coefficient (Wildman–Crippen LogP) is 5.19. The standard InChI is InChI=1S/C22H24BrN3O3S/c1-15(2)16-6-8-20(9-7-16)30(27,28)26-12-10-17(11-13-26)22-24-21(25-29-22)18-4-3-5-19(23)14-18/h3-9,14-15,17H,10-13H2,1-2H3. The summed E-state index contributed by atoms with van der Waals surface area (Å²) in [6.07, 6.45) is 1.31. The van der Waals surface area contributed by atoms with Gasteiger partial charge in [0.25, 0.3) is 0 Å². The number of sulfonamides is 1. The molecule has 0 radical (unpaired) electrons. The van der Waals surface area contributed by atoms with Crippen molar-refractivity contribution in [2.24, 2.45) is 0 Å². The van der Waals surface area contributed by atoms with E-state index in [9.17, 15) is 8.42 Å². The molecule has 2 heterocycles. The summed E-state index contributed by atoms with van der Waals surface area (Å²) in [7, 11) is -3.49. The first-order valence-corrected chi connectivity index (χ1v) is 12.3. The zero-order valence-electron chi connectivity index (χ0n) is 17.0. The second-order valence-corrected chi connectivity index (χ2v) is 10.7. The topological polar surface area (TPSA) is 76.3 Å². The van der Waals surface area contributed by atoms with E-state index in [-0.39, 0.29) is 5.92 Å². The molecule has 1 aliphatic rings. The Morgan fingerprint density at radius 1 is 1.10 bits per heavy atom. The Labute approximate surface area is 185 Å². The van der Waals surface area contributed by atoms with Gasteiger partial charge in [-0.2, -0.15) is 9.29 Å². The van der Waals surface area contributed by atoms with E-state index in [1.54, 1.807) is 16.4 Å². The van der Waals surface area contributed by atoms with E-state index >= 15 is 0 Å². The SMILES string of the molecule is CC(C)c1ccc(S(=O)(=O)N2CCC(c3nc(-c4cccc(Br)c4)no3)CC2)cc1. The Bertz CT molecular complexity index is 1120. The maximum Gasteiger partial charge on any atom is 0.243 e. The van der Waals surface area contributed by atoms with Crippen LogP contribution >= 0.6 is 15.9 Å². The van der Waals surface area contributed by atoms with Gasteiger partial charge in [-0.1, -0.05) is 59.2 Å². The van der Waals surface area contributed by atoms with E-state index in [0.29, 0.717) is 48.5 Å². The van der Waals surface area contributed by atoms with Gasteiger partial charge in [-0.25, -0.2) is 8.42 Å². The van der Waals surface area contributed by atoms with Crippen LogP contribution in [0.1, 0.15) is 50.0 Å². The lowest BCUT2D eigenvalue weighted by Crippen LogP contribution is -2.37. The molecule has 6 nitrogen and oxygen atoms in total. The van der Waals surface area contributed by atoms with Gasteiger partial charge in [0, 0.05) is 29.0 Å². The molecule has 4 rings (SSSR count). The Morgan fingerprint density at radius 2 is 1.80 bits per heavy atom. The van der Waals surface area contributed by atoms with Crippen molar-refractivity contribution >= 4 is 26.0 Å². The molecule has 0 unspecified atom stereocenters. The average molecular weight is 490 g/mol. The minimum absolute atomic E-state index is 0.0631. The Balaban J connectivity index is 1.43.